The molecule has 1 saturated heterocycles. The molecule has 0 atom stereocenters. The van der Waals surface area contributed by atoms with Gasteiger partial charge >= 0.3 is 6.09 Å². The number of nitrogens with zero attached hydrogens (tertiary/aromatic N) is 6. The Morgan fingerprint density at radius 2 is 1.81 bits per heavy atom. The van der Waals surface area contributed by atoms with Crippen LogP contribution in [0.5, 0.6) is 0 Å². The molecule has 10 heteroatoms. The van der Waals surface area contributed by atoms with Crippen molar-refractivity contribution >= 4 is 28.7 Å². The number of piperazine rings is 1. The fourth-order valence-corrected chi connectivity index (χ4v) is 5.98. The van der Waals surface area contributed by atoms with E-state index in [-0.39, 0.29) is 24.8 Å². The van der Waals surface area contributed by atoms with Crippen molar-refractivity contribution in [3.8, 4) is 17.3 Å². The van der Waals surface area contributed by atoms with Crippen molar-refractivity contribution in [1.29, 1.82) is 5.26 Å². The number of anilines is 1. The van der Waals surface area contributed by atoms with Gasteiger partial charge < -0.3 is 25.1 Å². The van der Waals surface area contributed by atoms with Gasteiger partial charge in [-0.15, -0.1) is 0 Å². The molecular weight excluding hydrogens is 530 g/mol. The second-order valence-corrected chi connectivity index (χ2v) is 11.5. The van der Waals surface area contributed by atoms with Crippen LogP contribution in [0.15, 0.2) is 48.7 Å². The van der Waals surface area contributed by atoms with Crippen LogP contribution in [-0.4, -0.2) is 89.7 Å². The summed E-state index contributed by atoms with van der Waals surface area (Å²) in [4.78, 5) is 40.5. The second kappa shape index (κ2) is 13.6. The molecule has 1 saturated carbocycles. The van der Waals surface area contributed by atoms with Crippen molar-refractivity contribution in [2.45, 2.75) is 32.1 Å². The molecule has 2 fully saturated rings. The number of para-hydroxylation sites is 1. The van der Waals surface area contributed by atoms with E-state index in [1.54, 1.807) is 0 Å². The first-order chi connectivity index (χ1) is 20.4. The van der Waals surface area contributed by atoms with Crippen LogP contribution < -0.4 is 10.2 Å². The monoisotopic (exact) mass is 569 g/mol. The number of carbonyl (C=O) groups is 2. The quantitative estimate of drug-likeness (QED) is 0.386. The van der Waals surface area contributed by atoms with E-state index in [0.29, 0.717) is 24.6 Å². The number of amides is 2. The second-order valence-electron chi connectivity index (χ2n) is 11.5. The zero-order valence-corrected chi connectivity index (χ0v) is 24.2. The van der Waals surface area contributed by atoms with Crippen LogP contribution in [0, 0.1) is 23.2 Å². The minimum Gasteiger partial charge on any atom is -0.465 e. The highest BCUT2D eigenvalue weighted by Gasteiger charge is 2.25. The summed E-state index contributed by atoms with van der Waals surface area (Å²) in [5, 5.41) is 22.2. The maximum absolute atomic E-state index is 13.5. The standard InChI is InChI=1S/C32H39N7O3/c1-37-15-17-38(18-16-37)30-12-11-25(21-34-30)29-19-27(26-5-2-3-6-28(26)36-29)31(40)35-20-23-7-9-24(10-8-23)22-39(32(41)42)14-4-13-33/h2-3,5-6,11-12,19,21,23-24H,4,7-10,14-18,20,22H2,1H3,(H,35,40)(H,41,42). The molecule has 220 valence electrons. The fourth-order valence-electron chi connectivity index (χ4n) is 5.98. The van der Waals surface area contributed by atoms with E-state index in [0.717, 1.165) is 79.8 Å². The van der Waals surface area contributed by atoms with E-state index < -0.39 is 6.09 Å². The molecule has 42 heavy (non-hydrogen) atoms. The van der Waals surface area contributed by atoms with Crippen LogP contribution in [0.2, 0.25) is 0 Å². The largest absolute Gasteiger partial charge is 0.465 e. The number of carbonyl (C=O) groups excluding carboxylic acids is 1. The van der Waals surface area contributed by atoms with E-state index in [4.69, 9.17) is 15.2 Å². The number of hydrogen-bond acceptors (Lipinski definition) is 7. The highest BCUT2D eigenvalue weighted by atomic mass is 16.4. The first kappa shape index (κ1) is 29.3. The highest BCUT2D eigenvalue weighted by molar-refractivity contribution is 6.07. The average molecular weight is 570 g/mol. The molecule has 1 aliphatic carbocycles. The van der Waals surface area contributed by atoms with Gasteiger partial charge in [-0.25, -0.2) is 14.8 Å². The van der Waals surface area contributed by atoms with E-state index in [1.165, 1.54) is 4.90 Å². The Morgan fingerprint density at radius 1 is 1.07 bits per heavy atom. The molecule has 0 unspecified atom stereocenters. The topological polar surface area (TPSA) is 126 Å². The molecular formula is C32H39N7O3. The Hall–Kier alpha value is -4.23. The number of fused-ring (bicyclic) bond motifs is 1. The summed E-state index contributed by atoms with van der Waals surface area (Å²) in [6, 6.07) is 15.7. The first-order valence-electron chi connectivity index (χ1n) is 14.8. The lowest BCUT2D eigenvalue weighted by Crippen LogP contribution is -2.44. The van der Waals surface area contributed by atoms with Gasteiger partial charge in [-0.05, 0) is 68.8 Å². The molecule has 1 aromatic carbocycles. The molecule has 1 aliphatic heterocycles. The smallest absolute Gasteiger partial charge is 0.407 e. The van der Waals surface area contributed by atoms with Gasteiger partial charge in [0, 0.05) is 63.0 Å². The first-order valence-corrected chi connectivity index (χ1v) is 14.8. The molecule has 2 aliphatic rings. The van der Waals surface area contributed by atoms with Crippen LogP contribution in [0.3, 0.4) is 0 Å². The third-order valence-electron chi connectivity index (χ3n) is 8.59. The minimum atomic E-state index is -0.967. The Bertz CT molecular complexity index is 1420. The van der Waals surface area contributed by atoms with Gasteiger partial charge in [-0.1, -0.05) is 18.2 Å². The van der Waals surface area contributed by atoms with Gasteiger partial charge in [-0.3, -0.25) is 4.79 Å². The van der Waals surface area contributed by atoms with Crippen LogP contribution in [0.25, 0.3) is 22.2 Å². The number of aromatic nitrogens is 2. The van der Waals surface area contributed by atoms with Crippen LogP contribution in [0.1, 0.15) is 42.5 Å². The van der Waals surface area contributed by atoms with Gasteiger partial charge in [0.05, 0.1) is 29.3 Å². The number of rotatable bonds is 9. The number of nitriles is 1. The number of likely N-dealkylation sites (N-methyl/N-ethyl adjacent to an activating group) is 1. The van der Waals surface area contributed by atoms with Gasteiger partial charge in [0.25, 0.3) is 5.91 Å². The Labute approximate surface area is 247 Å². The molecule has 3 heterocycles. The van der Waals surface area contributed by atoms with E-state index in [1.807, 2.05) is 54.7 Å². The summed E-state index contributed by atoms with van der Waals surface area (Å²) in [6.45, 7) is 5.23. The SMILES string of the molecule is CN1CCN(c2ccc(-c3cc(C(=O)NCC4CCC(CN(CCC#N)C(=O)O)CC4)c4ccccc4n3)cn2)CC1. The Balaban J connectivity index is 1.22. The van der Waals surface area contributed by atoms with Crippen molar-refractivity contribution in [3.05, 3.63) is 54.2 Å². The van der Waals surface area contributed by atoms with Crippen LogP contribution in [0.4, 0.5) is 10.6 Å². The molecule has 10 nitrogen and oxygen atoms in total. The summed E-state index contributed by atoms with van der Waals surface area (Å²) in [6.07, 6.45) is 4.78. The van der Waals surface area contributed by atoms with Gasteiger partial charge in [0.2, 0.25) is 0 Å². The molecule has 5 rings (SSSR count). The maximum atomic E-state index is 13.5. The van der Waals surface area contributed by atoms with Crippen LogP contribution in [-0.2, 0) is 0 Å². The van der Waals surface area contributed by atoms with E-state index in [2.05, 4.69) is 22.2 Å². The molecule has 2 aromatic heterocycles. The summed E-state index contributed by atoms with van der Waals surface area (Å²) >= 11 is 0. The third-order valence-corrected chi connectivity index (χ3v) is 8.59. The molecule has 3 aromatic rings. The van der Waals surface area contributed by atoms with Gasteiger partial charge in [0.1, 0.15) is 5.82 Å². The van der Waals surface area contributed by atoms with Crippen molar-refractivity contribution in [3.63, 3.8) is 0 Å². The van der Waals surface area contributed by atoms with E-state index >= 15 is 0 Å². The Kier molecular flexibility index (Phi) is 9.49. The normalized spacial score (nSPS) is 19.3. The molecule has 0 spiro atoms. The molecule has 0 radical (unpaired) electrons. The number of carboxylic acid groups (broad SMARTS) is 1. The number of benzene rings is 1. The van der Waals surface area contributed by atoms with Crippen molar-refractivity contribution in [1.82, 2.24) is 25.1 Å². The molecule has 2 amide bonds. The van der Waals surface area contributed by atoms with Gasteiger partial charge in [0.15, 0.2) is 0 Å². The van der Waals surface area contributed by atoms with Crippen molar-refractivity contribution in [2.24, 2.45) is 11.8 Å². The third kappa shape index (κ3) is 7.15. The summed E-state index contributed by atoms with van der Waals surface area (Å²) in [7, 11) is 2.14. The van der Waals surface area contributed by atoms with Crippen LogP contribution >= 0.6 is 0 Å². The summed E-state index contributed by atoms with van der Waals surface area (Å²) in [5.74, 6) is 1.47. The number of pyridine rings is 2. The zero-order valence-electron chi connectivity index (χ0n) is 24.2. The number of hydrogen-bond donors (Lipinski definition) is 2. The summed E-state index contributed by atoms with van der Waals surface area (Å²) in [5.41, 5.74) is 2.96. The zero-order chi connectivity index (χ0) is 29.5. The van der Waals surface area contributed by atoms with Gasteiger partial charge in [-0.2, -0.15) is 5.26 Å². The Morgan fingerprint density at radius 3 is 2.50 bits per heavy atom. The lowest BCUT2D eigenvalue weighted by Gasteiger charge is -2.33. The van der Waals surface area contributed by atoms with Crippen molar-refractivity contribution in [2.75, 3.05) is 57.8 Å². The minimum absolute atomic E-state index is 0.118. The highest BCUT2D eigenvalue weighted by Crippen LogP contribution is 2.30. The maximum Gasteiger partial charge on any atom is 0.407 e. The predicted molar refractivity (Wildman–Crippen MR) is 162 cm³/mol. The predicted octanol–water partition coefficient (Wildman–Crippen LogP) is 4.48. The molecule has 2 N–H and O–H groups in total. The van der Waals surface area contributed by atoms with E-state index in [9.17, 15) is 14.7 Å². The average Bonchev–Trinajstić information content (AvgIpc) is 3.02. The summed E-state index contributed by atoms with van der Waals surface area (Å²) < 4.78 is 0. The van der Waals surface area contributed by atoms with Crippen molar-refractivity contribution < 1.29 is 14.7 Å². The lowest BCUT2D eigenvalue weighted by molar-refractivity contribution is 0.0938. The fraction of sp³-hybridized carbons (Fsp3) is 0.469. The number of nitrogens with one attached hydrogen (secondary N) is 1. The molecule has 0 bridgehead atoms. The lowest BCUT2D eigenvalue weighted by atomic mass is 9.81.